The quantitative estimate of drug-likeness (QED) is 0.813. The van der Waals surface area contributed by atoms with E-state index in [1.165, 1.54) is 0 Å². The number of nitrogens with one attached hydrogen (secondary N) is 1. The first-order valence-corrected chi connectivity index (χ1v) is 9.81. The fourth-order valence-corrected chi connectivity index (χ4v) is 3.95. The summed E-state index contributed by atoms with van der Waals surface area (Å²) in [5.74, 6) is 1.08. The monoisotopic (exact) mass is 396 g/mol. The summed E-state index contributed by atoms with van der Waals surface area (Å²) in [6, 6.07) is 11.3. The van der Waals surface area contributed by atoms with Crippen LogP contribution in [0.25, 0.3) is 0 Å². The van der Waals surface area contributed by atoms with Crippen molar-refractivity contribution in [2.75, 3.05) is 27.3 Å². The Labute approximate surface area is 171 Å². The molecule has 1 N–H and O–H groups in total. The Bertz CT molecular complexity index is 889. The van der Waals surface area contributed by atoms with E-state index in [9.17, 15) is 9.59 Å². The lowest BCUT2D eigenvalue weighted by Gasteiger charge is -2.26. The van der Waals surface area contributed by atoms with Crippen LogP contribution in [0.15, 0.2) is 36.4 Å². The van der Waals surface area contributed by atoms with Crippen LogP contribution < -0.4 is 14.8 Å². The van der Waals surface area contributed by atoms with Crippen LogP contribution in [-0.4, -0.2) is 44.0 Å². The first kappa shape index (κ1) is 20.7. The Hall–Kier alpha value is -3.02. The maximum atomic E-state index is 12.9. The largest absolute Gasteiger partial charge is 0.497 e. The Morgan fingerprint density at radius 1 is 1.07 bits per heavy atom. The lowest BCUT2D eigenvalue weighted by molar-refractivity contribution is -0.131. The summed E-state index contributed by atoms with van der Waals surface area (Å²) < 4.78 is 10.8. The van der Waals surface area contributed by atoms with Gasteiger partial charge in [-0.1, -0.05) is 17.2 Å². The first-order chi connectivity index (χ1) is 13.9. The fourth-order valence-electron chi connectivity index (χ4n) is 3.95. The number of hydrogen-bond donors (Lipinski definition) is 1. The second-order valence-corrected chi connectivity index (χ2v) is 7.41. The molecule has 1 unspecified atom stereocenters. The molecule has 1 fully saturated rings. The lowest BCUT2D eigenvalue weighted by Crippen LogP contribution is -2.40. The minimum atomic E-state index is -0.233. The number of amides is 2. The highest BCUT2D eigenvalue weighted by Gasteiger charge is 2.32. The van der Waals surface area contributed by atoms with E-state index < -0.39 is 0 Å². The van der Waals surface area contributed by atoms with Crippen LogP contribution >= 0.6 is 0 Å². The molecule has 1 aliphatic heterocycles. The molecule has 0 radical (unpaired) electrons. The number of rotatable bonds is 6. The van der Waals surface area contributed by atoms with Gasteiger partial charge in [0.05, 0.1) is 26.8 Å². The molecule has 0 aliphatic carbocycles. The summed E-state index contributed by atoms with van der Waals surface area (Å²) in [6.07, 6.45) is 1.77. The number of hydrogen-bond acceptors (Lipinski definition) is 4. The van der Waals surface area contributed by atoms with Gasteiger partial charge in [-0.25, -0.2) is 0 Å². The van der Waals surface area contributed by atoms with Gasteiger partial charge in [-0.3, -0.25) is 9.59 Å². The molecule has 6 heteroatoms. The molecule has 154 valence electrons. The number of methoxy groups -OCH3 is 2. The van der Waals surface area contributed by atoms with Crippen LogP contribution in [0.1, 0.15) is 45.9 Å². The molecule has 0 spiro atoms. The van der Waals surface area contributed by atoms with E-state index in [0.29, 0.717) is 23.6 Å². The van der Waals surface area contributed by atoms with Gasteiger partial charge in [-0.2, -0.15) is 0 Å². The van der Waals surface area contributed by atoms with Crippen LogP contribution in [0.3, 0.4) is 0 Å². The van der Waals surface area contributed by atoms with Crippen molar-refractivity contribution in [3.63, 3.8) is 0 Å². The van der Waals surface area contributed by atoms with Gasteiger partial charge in [-0.15, -0.1) is 0 Å². The Balaban J connectivity index is 1.69. The SMILES string of the molecule is COc1ccc(C2CCCN2C(=O)CNC(=O)c2cc(C)cc(C)c2)c(OC)c1. The molecule has 1 aliphatic rings. The number of carbonyl (C=O) groups excluding carboxylic acids is 2. The van der Waals surface area contributed by atoms with Gasteiger partial charge in [0.1, 0.15) is 11.5 Å². The Morgan fingerprint density at radius 3 is 2.45 bits per heavy atom. The van der Waals surface area contributed by atoms with Crippen LogP contribution in [0.5, 0.6) is 11.5 Å². The second kappa shape index (κ2) is 8.99. The highest BCUT2D eigenvalue weighted by Crippen LogP contribution is 2.38. The Kier molecular flexibility index (Phi) is 6.42. The van der Waals surface area contributed by atoms with Crippen molar-refractivity contribution in [2.24, 2.45) is 0 Å². The number of benzene rings is 2. The zero-order valence-electron chi connectivity index (χ0n) is 17.5. The minimum Gasteiger partial charge on any atom is -0.497 e. The van der Waals surface area contributed by atoms with E-state index in [1.807, 2.05) is 55.1 Å². The molecular formula is C23H28N2O4. The molecule has 0 bridgehead atoms. The number of aryl methyl sites for hydroxylation is 2. The average Bonchev–Trinajstić information content (AvgIpc) is 3.20. The minimum absolute atomic E-state index is 0.0270. The lowest BCUT2D eigenvalue weighted by atomic mass is 10.0. The third-order valence-electron chi connectivity index (χ3n) is 5.26. The highest BCUT2D eigenvalue weighted by atomic mass is 16.5. The van der Waals surface area contributed by atoms with E-state index in [2.05, 4.69) is 5.32 Å². The van der Waals surface area contributed by atoms with E-state index >= 15 is 0 Å². The number of likely N-dealkylation sites (tertiary alicyclic amines) is 1. The van der Waals surface area contributed by atoms with Crippen molar-refractivity contribution in [2.45, 2.75) is 32.7 Å². The molecule has 0 saturated carbocycles. The van der Waals surface area contributed by atoms with Gasteiger partial charge in [-0.05, 0) is 51.0 Å². The molecule has 1 heterocycles. The van der Waals surface area contributed by atoms with Gasteiger partial charge in [0.25, 0.3) is 5.91 Å². The van der Waals surface area contributed by atoms with E-state index in [1.54, 1.807) is 14.2 Å². The normalized spacial score (nSPS) is 15.9. The maximum absolute atomic E-state index is 12.9. The molecule has 2 amide bonds. The summed E-state index contributed by atoms with van der Waals surface area (Å²) in [5, 5.41) is 2.77. The van der Waals surface area contributed by atoms with E-state index in [0.717, 1.165) is 29.5 Å². The van der Waals surface area contributed by atoms with Crippen molar-refractivity contribution in [3.05, 3.63) is 58.7 Å². The smallest absolute Gasteiger partial charge is 0.251 e. The third kappa shape index (κ3) is 4.70. The summed E-state index contributed by atoms with van der Waals surface area (Å²) in [6.45, 7) is 4.54. The predicted octanol–water partition coefficient (Wildman–Crippen LogP) is 3.41. The average molecular weight is 396 g/mol. The van der Waals surface area contributed by atoms with E-state index in [4.69, 9.17) is 9.47 Å². The van der Waals surface area contributed by atoms with Crippen LogP contribution in [-0.2, 0) is 4.79 Å². The van der Waals surface area contributed by atoms with Crippen LogP contribution in [0, 0.1) is 13.8 Å². The number of ether oxygens (including phenoxy) is 2. The van der Waals surface area contributed by atoms with Crippen molar-refractivity contribution in [1.29, 1.82) is 0 Å². The van der Waals surface area contributed by atoms with Crippen molar-refractivity contribution in [1.82, 2.24) is 10.2 Å². The molecule has 3 rings (SSSR count). The van der Waals surface area contributed by atoms with Crippen molar-refractivity contribution < 1.29 is 19.1 Å². The van der Waals surface area contributed by atoms with E-state index in [-0.39, 0.29) is 24.4 Å². The molecule has 29 heavy (non-hydrogen) atoms. The van der Waals surface area contributed by atoms with Gasteiger partial charge in [0.15, 0.2) is 0 Å². The number of carbonyl (C=O) groups is 2. The van der Waals surface area contributed by atoms with Crippen LogP contribution in [0.4, 0.5) is 0 Å². The molecular weight excluding hydrogens is 368 g/mol. The fraction of sp³-hybridized carbons (Fsp3) is 0.391. The summed E-state index contributed by atoms with van der Waals surface area (Å²) in [5.41, 5.74) is 3.57. The summed E-state index contributed by atoms with van der Waals surface area (Å²) in [7, 11) is 3.22. The molecule has 1 atom stereocenters. The highest BCUT2D eigenvalue weighted by molar-refractivity contribution is 5.96. The zero-order chi connectivity index (χ0) is 21.0. The van der Waals surface area contributed by atoms with Gasteiger partial charge < -0.3 is 19.7 Å². The predicted molar refractivity (Wildman–Crippen MR) is 111 cm³/mol. The second-order valence-electron chi connectivity index (χ2n) is 7.41. The molecule has 6 nitrogen and oxygen atoms in total. The summed E-state index contributed by atoms with van der Waals surface area (Å²) >= 11 is 0. The van der Waals surface area contributed by atoms with Crippen molar-refractivity contribution >= 4 is 11.8 Å². The molecule has 2 aromatic carbocycles. The molecule has 0 aromatic heterocycles. The third-order valence-corrected chi connectivity index (χ3v) is 5.26. The standard InChI is InChI=1S/C23H28N2O4/c1-15-10-16(2)12-17(11-15)23(27)24-14-22(26)25-9-5-6-20(25)19-8-7-18(28-3)13-21(19)29-4/h7-8,10-13,20H,5-6,9,14H2,1-4H3,(H,24,27). The first-order valence-electron chi connectivity index (χ1n) is 9.81. The molecule has 1 saturated heterocycles. The topological polar surface area (TPSA) is 67.9 Å². The van der Waals surface area contributed by atoms with Gasteiger partial charge in [0.2, 0.25) is 5.91 Å². The molecule has 2 aromatic rings. The zero-order valence-corrected chi connectivity index (χ0v) is 17.5. The number of nitrogens with zero attached hydrogens (tertiary/aromatic N) is 1. The maximum Gasteiger partial charge on any atom is 0.251 e. The Morgan fingerprint density at radius 2 is 1.79 bits per heavy atom. The van der Waals surface area contributed by atoms with Crippen LogP contribution in [0.2, 0.25) is 0 Å². The summed E-state index contributed by atoms with van der Waals surface area (Å²) in [4.78, 5) is 27.2. The van der Waals surface area contributed by atoms with Gasteiger partial charge in [0, 0.05) is 23.7 Å². The van der Waals surface area contributed by atoms with Crippen molar-refractivity contribution in [3.8, 4) is 11.5 Å². The van der Waals surface area contributed by atoms with Gasteiger partial charge >= 0.3 is 0 Å².